The first kappa shape index (κ1) is 24.7. The van der Waals surface area contributed by atoms with Crippen molar-refractivity contribution in [2.75, 3.05) is 19.6 Å². The topological polar surface area (TPSA) is 66.9 Å². The molecule has 0 spiro atoms. The van der Waals surface area contributed by atoms with Crippen molar-refractivity contribution in [3.05, 3.63) is 67.9 Å². The van der Waals surface area contributed by atoms with Gasteiger partial charge < -0.3 is 9.64 Å². The number of rotatable bonds is 6. The van der Waals surface area contributed by atoms with E-state index in [1.807, 2.05) is 6.07 Å². The number of carbonyl (C=O) groups is 3. The number of thioether (sulfide) groups is 1. The highest BCUT2D eigenvalue weighted by Crippen LogP contribution is 2.33. The molecular formula is C25H24FIN2O4S. The summed E-state index contributed by atoms with van der Waals surface area (Å²) in [5.41, 5.74) is 1.60. The lowest BCUT2D eigenvalue weighted by Gasteiger charge is -2.22. The van der Waals surface area contributed by atoms with Crippen LogP contribution >= 0.6 is 34.4 Å². The highest BCUT2D eigenvalue weighted by atomic mass is 127. The van der Waals surface area contributed by atoms with Crippen molar-refractivity contribution in [2.45, 2.75) is 32.3 Å². The van der Waals surface area contributed by atoms with E-state index < -0.39 is 11.1 Å². The molecule has 2 fully saturated rings. The predicted molar refractivity (Wildman–Crippen MR) is 138 cm³/mol. The van der Waals surface area contributed by atoms with Crippen molar-refractivity contribution in [3.8, 4) is 5.75 Å². The molecule has 0 unspecified atom stereocenters. The molecule has 2 aromatic carbocycles. The summed E-state index contributed by atoms with van der Waals surface area (Å²) in [6, 6.07) is 11.6. The average Bonchev–Trinajstić information content (AvgIpc) is 3.01. The smallest absolute Gasteiger partial charge is 0.294 e. The number of halogens is 2. The molecule has 2 aliphatic heterocycles. The van der Waals surface area contributed by atoms with Crippen molar-refractivity contribution >= 4 is 57.5 Å². The fraction of sp³-hybridized carbons (Fsp3) is 0.320. The van der Waals surface area contributed by atoms with Crippen LogP contribution in [0.3, 0.4) is 0 Å². The van der Waals surface area contributed by atoms with E-state index in [4.69, 9.17) is 4.74 Å². The lowest BCUT2D eigenvalue weighted by Crippen LogP contribution is -2.42. The van der Waals surface area contributed by atoms with Crippen LogP contribution in [0, 0.1) is 9.39 Å². The Balaban J connectivity index is 1.39. The van der Waals surface area contributed by atoms with Crippen LogP contribution in [0.25, 0.3) is 6.08 Å². The molecule has 178 valence electrons. The monoisotopic (exact) mass is 594 g/mol. The number of hydrogen-bond acceptors (Lipinski definition) is 5. The van der Waals surface area contributed by atoms with E-state index in [-0.39, 0.29) is 18.3 Å². The van der Waals surface area contributed by atoms with Gasteiger partial charge in [0.1, 0.15) is 24.7 Å². The van der Waals surface area contributed by atoms with Crippen LogP contribution in [0.2, 0.25) is 0 Å². The fourth-order valence-electron chi connectivity index (χ4n) is 3.81. The summed E-state index contributed by atoms with van der Waals surface area (Å²) in [4.78, 5) is 41.0. The number of hydrogen-bond donors (Lipinski definition) is 0. The summed E-state index contributed by atoms with van der Waals surface area (Å²) < 4.78 is 19.7. The second kappa shape index (κ2) is 11.4. The number of benzene rings is 2. The van der Waals surface area contributed by atoms with Crippen LogP contribution in [0.15, 0.2) is 47.4 Å². The largest absolute Gasteiger partial charge is 0.488 e. The Morgan fingerprint density at radius 1 is 1.06 bits per heavy atom. The minimum atomic E-state index is -0.440. The summed E-state index contributed by atoms with van der Waals surface area (Å²) in [5, 5.41) is -0.423. The third-order valence-electron chi connectivity index (χ3n) is 5.69. The SMILES string of the molecule is O=C(CN1C(=O)SC(=Cc2ccc(OCc3ccc(F)cc3)c(I)c2)C1=O)N1CCCCCC1. The Morgan fingerprint density at radius 3 is 2.44 bits per heavy atom. The van der Waals surface area contributed by atoms with Crippen molar-refractivity contribution in [1.29, 1.82) is 0 Å². The number of carbonyl (C=O) groups excluding carboxylic acids is 3. The molecule has 2 aromatic rings. The molecular weight excluding hydrogens is 570 g/mol. The van der Waals surface area contributed by atoms with Crippen molar-refractivity contribution in [3.63, 3.8) is 0 Å². The van der Waals surface area contributed by atoms with Crippen LogP contribution in [-0.2, 0) is 16.2 Å². The van der Waals surface area contributed by atoms with Gasteiger partial charge >= 0.3 is 0 Å². The zero-order valence-corrected chi connectivity index (χ0v) is 21.4. The maximum Gasteiger partial charge on any atom is 0.294 e. The third-order valence-corrected chi connectivity index (χ3v) is 7.44. The van der Waals surface area contributed by atoms with E-state index in [9.17, 15) is 18.8 Å². The molecule has 0 aromatic heterocycles. The molecule has 0 atom stereocenters. The first-order valence-electron chi connectivity index (χ1n) is 11.1. The molecule has 0 N–H and O–H groups in total. The van der Waals surface area contributed by atoms with Gasteiger partial charge in [0.2, 0.25) is 5.91 Å². The summed E-state index contributed by atoms with van der Waals surface area (Å²) in [7, 11) is 0. The Morgan fingerprint density at radius 2 is 1.76 bits per heavy atom. The van der Waals surface area contributed by atoms with Gasteiger partial charge in [-0.05, 0) is 88.7 Å². The summed E-state index contributed by atoms with van der Waals surface area (Å²) in [6.45, 7) is 1.45. The van der Waals surface area contributed by atoms with Gasteiger partial charge in [-0.1, -0.05) is 31.0 Å². The van der Waals surface area contributed by atoms with Crippen LogP contribution in [0.4, 0.5) is 9.18 Å². The lowest BCUT2D eigenvalue weighted by atomic mass is 10.2. The number of imide groups is 1. The number of amides is 3. The highest BCUT2D eigenvalue weighted by molar-refractivity contribution is 14.1. The normalized spacial score (nSPS) is 17.9. The quantitative estimate of drug-likeness (QED) is 0.329. The van der Waals surface area contributed by atoms with Crippen LogP contribution in [0.1, 0.15) is 36.8 Å². The van der Waals surface area contributed by atoms with E-state index in [2.05, 4.69) is 22.6 Å². The van der Waals surface area contributed by atoms with E-state index in [1.165, 1.54) is 12.1 Å². The van der Waals surface area contributed by atoms with Gasteiger partial charge in [0, 0.05) is 13.1 Å². The Kier molecular flexibility index (Phi) is 8.25. The molecule has 2 saturated heterocycles. The van der Waals surface area contributed by atoms with Gasteiger partial charge in [-0.3, -0.25) is 19.3 Å². The molecule has 0 saturated carbocycles. The van der Waals surface area contributed by atoms with Gasteiger partial charge in [-0.25, -0.2) is 4.39 Å². The Labute approximate surface area is 215 Å². The van der Waals surface area contributed by atoms with Crippen LogP contribution in [-0.4, -0.2) is 46.5 Å². The first-order valence-corrected chi connectivity index (χ1v) is 13.0. The molecule has 3 amide bonds. The molecule has 34 heavy (non-hydrogen) atoms. The second-order valence-corrected chi connectivity index (χ2v) is 10.3. The number of likely N-dealkylation sites (tertiary alicyclic amines) is 1. The van der Waals surface area contributed by atoms with Crippen LogP contribution in [0.5, 0.6) is 5.75 Å². The zero-order chi connectivity index (χ0) is 24.1. The van der Waals surface area contributed by atoms with Gasteiger partial charge in [-0.15, -0.1) is 0 Å². The van der Waals surface area contributed by atoms with Crippen molar-refractivity contribution in [1.82, 2.24) is 9.80 Å². The summed E-state index contributed by atoms with van der Waals surface area (Å²) in [5.74, 6) is -0.246. The van der Waals surface area contributed by atoms with Crippen molar-refractivity contribution in [2.24, 2.45) is 0 Å². The predicted octanol–water partition coefficient (Wildman–Crippen LogP) is 5.45. The number of nitrogens with zero attached hydrogens (tertiary/aromatic N) is 2. The zero-order valence-electron chi connectivity index (χ0n) is 18.5. The second-order valence-electron chi connectivity index (χ2n) is 8.17. The minimum absolute atomic E-state index is 0.178. The Hall–Kier alpha value is -2.40. The molecule has 0 radical (unpaired) electrons. The van der Waals surface area contributed by atoms with Crippen LogP contribution < -0.4 is 4.74 Å². The van der Waals surface area contributed by atoms with Gasteiger partial charge in [0.15, 0.2) is 0 Å². The number of ether oxygens (including phenoxy) is 1. The molecule has 0 aliphatic carbocycles. The molecule has 0 bridgehead atoms. The standard InChI is InChI=1S/C25H24FIN2O4S/c26-19-8-5-17(6-9-19)16-33-21-10-7-18(13-20(21)27)14-22-24(31)29(25(32)34-22)15-23(30)28-11-3-1-2-4-12-28/h5-10,13-14H,1-4,11-12,15-16H2. The highest BCUT2D eigenvalue weighted by Gasteiger charge is 2.37. The minimum Gasteiger partial charge on any atom is -0.488 e. The van der Waals surface area contributed by atoms with E-state index in [0.29, 0.717) is 30.4 Å². The Bertz CT molecular complexity index is 1110. The molecule has 2 aliphatic rings. The first-order chi connectivity index (χ1) is 16.4. The van der Waals surface area contributed by atoms with Crippen molar-refractivity contribution < 1.29 is 23.5 Å². The van der Waals surface area contributed by atoms with Gasteiger partial charge in [-0.2, -0.15) is 0 Å². The van der Waals surface area contributed by atoms with Gasteiger partial charge in [0.25, 0.3) is 11.1 Å². The maximum absolute atomic E-state index is 13.0. The fourth-order valence-corrected chi connectivity index (χ4v) is 5.34. The van der Waals surface area contributed by atoms with Gasteiger partial charge in [0.05, 0.1) is 8.48 Å². The average molecular weight is 594 g/mol. The van der Waals surface area contributed by atoms with E-state index in [0.717, 1.165) is 57.0 Å². The summed E-state index contributed by atoms with van der Waals surface area (Å²) in [6.07, 6.45) is 5.77. The molecule has 4 rings (SSSR count). The van der Waals surface area contributed by atoms with E-state index >= 15 is 0 Å². The van der Waals surface area contributed by atoms with E-state index in [1.54, 1.807) is 35.2 Å². The maximum atomic E-state index is 13.0. The molecule has 2 heterocycles. The molecule has 9 heteroatoms. The summed E-state index contributed by atoms with van der Waals surface area (Å²) >= 11 is 3.00. The lowest BCUT2D eigenvalue weighted by molar-refractivity contribution is -0.135. The third kappa shape index (κ3) is 6.18. The molecule has 6 nitrogen and oxygen atoms in total.